The lowest BCUT2D eigenvalue weighted by atomic mass is 10.2. The summed E-state index contributed by atoms with van der Waals surface area (Å²) in [5.41, 5.74) is 6.18. The zero-order chi connectivity index (χ0) is 11.4. The number of halogens is 1. The molecule has 0 aliphatic carbocycles. The Morgan fingerprint density at radius 2 is 2.00 bits per heavy atom. The van der Waals surface area contributed by atoms with Crippen molar-refractivity contribution >= 4 is 17.6 Å². The number of benzene rings is 1. The molecule has 2 aromatic rings. The lowest BCUT2D eigenvalue weighted by Gasteiger charge is -2.03. The molecule has 0 bridgehead atoms. The van der Waals surface area contributed by atoms with E-state index < -0.39 is 0 Å². The lowest BCUT2D eigenvalue weighted by molar-refractivity contribution is 0.617. The highest BCUT2D eigenvalue weighted by atomic mass is 32.2. The van der Waals surface area contributed by atoms with Gasteiger partial charge in [0.2, 0.25) is 0 Å². The zero-order valence-electron chi connectivity index (χ0n) is 8.56. The highest BCUT2D eigenvalue weighted by Gasteiger charge is 2.01. The van der Waals surface area contributed by atoms with Crippen molar-refractivity contribution in [3.63, 3.8) is 0 Å². The van der Waals surface area contributed by atoms with Crippen LogP contribution in [-0.4, -0.2) is 4.98 Å². The third-order valence-corrected chi connectivity index (χ3v) is 3.14. The molecule has 1 heterocycles. The van der Waals surface area contributed by atoms with Crippen molar-refractivity contribution in [1.29, 1.82) is 0 Å². The fraction of sp³-hybridized carbons (Fsp3) is 0.0833. The third kappa shape index (κ3) is 2.73. The maximum absolute atomic E-state index is 13.3. The van der Waals surface area contributed by atoms with E-state index in [2.05, 4.69) is 4.98 Å². The molecule has 0 saturated carbocycles. The van der Waals surface area contributed by atoms with Gasteiger partial charge in [-0.3, -0.25) is 0 Å². The van der Waals surface area contributed by atoms with E-state index in [1.165, 1.54) is 17.8 Å². The molecule has 2 rings (SSSR count). The number of pyridine rings is 1. The fourth-order valence-electron chi connectivity index (χ4n) is 1.25. The molecule has 0 amide bonds. The second-order valence-corrected chi connectivity index (χ2v) is 4.35. The Labute approximate surface area is 97.7 Å². The van der Waals surface area contributed by atoms with Crippen LogP contribution < -0.4 is 5.73 Å². The standard InChI is InChI=1S/C12H11FN2S/c13-11-4-2-1-3-9(11)8-16-10-5-6-12(14)15-7-10/h1-7H,8H2,(H2,14,15). The number of thioether (sulfide) groups is 1. The van der Waals surface area contributed by atoms with E-state index in [0.717, 1.165) is 4.90 Å². The van der Waals surface area contributed by atoms with Crippen LogP contribution >= 0.6 is 11.8 Å². The van der Waals surface area contributed by atoms with E-state index in [9.17, 15) is 4.39 Å². The molecule has 0 spiro atoms. The summed E-state index contributed by atoms with van der Waals surface area (Å²) in [7, 11) is 0. The first-order valence-electron chi connectivity index (χ1n) is 4.83. The number of rotatable bonds is 3. The number of nitrogens with zero attached hydrogens (tertiary/aromatic N) is 1. The van der Waals surface area contributed by atoms with Crippen LogP contribution in [0.3, 0.4) is 0 Å². The van der Waals surface area contributed by atoms with E-state index in [1.54, 1.807) is 24.4 Å². The van der Waals surface area contributed by atoms with Crippen LogP contribution in [0.25, 0.3) is 0 Å². The second kappa shape index (κ2) is 4.99. The van der Waals surface area contributed by atoms with Gasteiger partial charge in [-0.25, -0.2) is 9.37 Å². The molecule has 0 aliphatic heterocycles. The summed E-state index contributed by atoms with van der Waals surface area (Å²) in [6.45, 7) is 0. The molecule has 4 heteroatoms. The van der Waals surface area contributed by atoms with Crippen LogP contribution in [0.2, 0.25) is 0 Å². The highest BCUT2D eigenvalue weighted by molar-refractivity contribution is 7.98. The SMILES string of the molecule is Nc1ccc(SCc2ccccc2F)cn1. The van der Waals surface area contributed by atoms with Gasteiger partial charge in [0.1, 0.15) is 11.6 Å². The maximum atomic E-state index is 13.3. The van der Waals surface area contributed by atoms with Gasteiger partial charge in [-0.1, -0.05) is 18.2 Å². The number of nitrogens with two attached hydrogens (primary N) is 1. The van der Waals surface area contributed by atoms with Gasteiger partial charge >= 0.3 is 0 Å². The molecule has 0 unspecified atom stereocenters. The minimum Gasteiger partial charge on any atom is -0.384 e. The van der Waals surface area contributed by atoms with Crippen LogP contribution in [-0.2, 0) is 5.75 Å². The predicted molar refractivity (Wildman–Crippen MR) is 64.6 cm³/mol. The summed E-state index contributed by atoms with van der Waals surface area (Å²) in [4.78, 5) is 4.96. The number of aromatic nitrogens is 1. The molecule has 0 atom stereocenters. The average Bonchev–Trinajstić information content (AvgIpc) is 2.30. The van der Waals surface area contributed by atoms with Crippen LogP contribution in [0.15, 0.2) is 47.5 Å². The zero-order valence-corrected chi connectivity index (χ0v) is 9.38. The van der Waals surface area contributed by atoms with E-state index in [0.29, 0.717) is 17.1 Å². The van der Waals surface area contributed by atoms with E-state index in [4.69, 9.17) is 5.73 Å². The summed E-state index contributed by atoms with van der Waals surface area (Å²) < 4.78 is 13.3. The molecule has 0 fully saturated rings. The minimum atomic E-state index is -0.168. The van der Waals surface area contributed by atoms with Gasteiger partial charge in [-0.15, -0.1) is 11.8 Å². The largest absolute Gasteiger partial charge is 0.384 e. The Morgan fingerprint density at radius 1 is 1.19 bits per heavy atom. The first-order chi connectivity index (χ1) is 7.75. The van der Waals surface area contributed by atoms with Crippen LogP contribution in [0.4, 0.5) is 10.2 Å². The monoisotopic (exact) mass is 234 g/mol. The van der Waals surface area contributed by atoms with E-state index >= 15 is 0 Å². The van der Waals surface area contributed by atoms with E-state index in [-0.39, 0.29) is 5.82 Å². The molecule has 1 aromatic carbocycles. The van der Waals surface area contributed by atoms with Gasteiger partial charge in [0, 0.05) is 16.8 Å². The van der Waals surface area contributed by atoms with Crippen molar-refractivity contribution in [2.24, 2.45) is 0 Å². The summed E-state index contributed by atoms with van der Waals surface area (Å²) in [6.07, 6.45) is 1.70. The van der Waals surface area contributed by atoms with Crippen molar-refractivity contribution in [3.05, 3.63) is 54.0 Å². The van der Waals surface area contributed by atoms with Crippen molar-refractivity contribution < 1.29 is 4.39 Å². The Morgan fingerprint density at radius 3 is 2.69 bits per heavy atom. The van der Waals surface area contributed by atoms with Crippen molar-refractivity contribution in [1.82, 2.24) is 4.98 Å². The first kappa shape index (κ1) is 11.0. The molecule has 2 N–H and O–H groups in total. The Hall–Kier alpha value is -1.55. The molecule has 0 aliphatic rings. The molecule has 16 heavy (non-hydrogen) atoms. The molecule has 0 radical (unpaired) electrons. The predicted octanol–water partition coefficient (Wildman–Crippen LogP) is 3.10. The smallest absolute Gasteiger partial charge is 0.127 e. The quantitative estimate of drug-likeness (QED) is 0.829. The lowest BCUT2D eigenvalue weighted by Crippen LogP contribution is -1.89. The van der Waals surface area contributed by atoms with Gasteiger partial charge in [-0.05, 0) is 23.8 Å². The van der Waals surface area contributed by atoms with Gasteiger partial charge < -0.3 is 5.73 Å². The maximum Gasteiger partial charge on any atom is 0.127 e. The van der Waals surface area contributed by atoms with Gasteiger partial charge in [0.15, 0.2) is 0 Å². The Balaban J connectivity index is 2.02. The van der Waals surface area contributed by atoms with Gasteiger partial charge in [0.25, 0.3) is 0 Å². The molecule has 1 aromatic heterocycles. The molecule has 0 saturated heterocycles. The highest BCUT2D eigenvalue weighted by Crippen LogP contribution is 2.23. The number of anilines is 1. The van der Waals surface area contributed by atoms with Crippen molar-refractivity contribution in [3.8, 4) is 0 Å². The van der Waals surface area contributed by atoms with Crippen molar-refractivity contribution in [2.45, 2.75) is 10.6 Å². The topological polar surface area (TPSA) is 38.9 Å². The van der Waals surface area contributed by atoms with Crippen LogP contribution in [0.5, 0.6) is 0 Å². The minimum absolute atomic E-state index is 0.168. The molecule has 2 nitrogen and oxygen atoms in total. The van der Waals surface area contributed by atoms with Gasteiger partial charge in [-0.2, -0.15) is 0 Å². The normalized spacial score (nSPS) is 10.3. The summed E-state index contributed by atoms with van der Waals surface area (Å²) in [6, 6.07) is 10.4. The molecular weight excluding hydrogens is 223 g/mol. The summed E-state index contributed by atoms with van der Waals surface area (Å²) in [5, 5.41) is 0. The third-order valence-electron chi connectivity index (χ3n) is 2.11. The first-order valence-corrected chi connectivity index (χ1v) is 5.82. The average molecular weight is 234 g/mol. The molecular formula is C12H11FN2S. The van der Waals surface area contributed by atoms with Crippen LogP contribution in [0.1, 0.15) is 5.56 Å². The Bertz CT molecular complexity index is 471. The van der Waals surface area contributed by atoms with Gasteiger partial charge in [0.05, 0.1) is 0 Å². The Kier molecular flexibility index (Phi) is 3.41. The van der Waals surface area contributed by atoms with Crippen molar-refractivity contribution in [2.75, 3.05) is 5.73 Å². The number of hydrogen-bond donors (Lipinski definition) is 1. The molecule has 82 valence electrons. The number of hydrogen-bond acceptors (Lipinski definition) is 3. The van der Waals surface area contributed by atoms with E-state index in [1.807, 2.05) is 12.1 Å². The fourth-order valence-corrected chi connectivity index (χ4v) is 2.10. The second-order valence-electron chi connectivity index (χ2n) is 3.30. The summed E-state index contributed by atoms with van der Waals surface area (Å²) in [5.74, 6) is 0.923. The van der Waals surface area contributed by atoms with Crippen LogP contribution in [0, 0.1) is 5.82 Å². The number of nitrogen functional groups attached to an aromatic ring is 1. The summed E-state index contributed by atoms with van der Waals surface area (Å²) >= 11 is 1.54.